The molecule has 0 aromatic heterocycles. The minimum absolute atomic E-state index is 0.0498. The van der Waals surface area contributed by atoms with Crippen LogP contribution in [0.15, 0.2) is 66.7 Å². The molecule has 4 aromatic carbocycles. The monoisotopic (exact) mass is 666 g/mol. The Morgan fingerprint density at radius 2 is 1.35 bits per heavy atom. The first-order chi connectivity index (χ1) is 23.8. The van der Waals surface area contributed by atoms with Gasteiger partial charge in [-0.3, -0.25) is 4.79 Å². The zero-order valence-corrected chi connectivity index (χ0v) is 28.6. The Bertz CT molecular complexity index is 1820. The molecule has 0 radical (unpaired) electrons. The molecule has 6 rings (SSSR count). The smallest absolute Gasteiger partial charge is 0.255 e. The lowest BCUT2D eigenvalue weighted by Gasteiger charge is -2.35. The van der Waals surface area contributed by atoms with Crippen molar-refractivity contribution in [3.05, 3.63) is 94.5 Å². The van der Waals surface area contributed by atoms with Gasteiger partial charge in [0, 0.05) is 5.69 Å². The highest BCUT2D eigenvalue weighted by Crippen LogP contribution is 2.40. The Morgan fingerprint density at radius 1 is 0.673 bits per heavy atom. The van der Waals surface area contributed by atoms with E-state index in [2.05, 4.69) is 10.6 Å². The van der Waals surface area contributed by atoms with E-state index in [4.69, 9.17) is 33.2 Å². The first kappa shape index (κ1) is 33.4. The molecule has 1 unspecified atom stereocenters. The molecule has 10 heteroatoms. The number of ether oxygens (including phenoxy) is 7. The predicted octanol–water partition coefficient (Wildman–Crippen LogP) is 7.30. The summed E-state index contributed by atoms with van der Waals surface area (Å²) < 4.78 is 40.2. The second-order valence-electron chi connectivity index (χ2n) is 12.1. The number of hydrogen-bond donors (Lipinski definition) is 2. The van der Waals surface area contributed by atoms with E-state index in [-0.39, 0.29) is 18.2 Å². The molecule has 0 saturated heterocycles. The summed E-state index contributed by atoms with van der Waals surface area (Å²) in [5.41, 5.74) is 5.21. The van der Waals surface area contributed by atoms with Crippen molar-refractivity contribution in [2.45, 2.75) is 32.0 Å². The number of carbonyl (C=O) groups excluding carboxylic acids is 1. The molecular formula is C39H42N2O8. The number of amides is 1. The lowest BCUT2D eigenvalue weighted by atomic mass is 9.83. The number of hydrogen-bond acceptors (Lipinski definition) is 9. The van der Waals surface area contributed by atoms with Gasteiger partial charge < -0.3 is 43.8 Å². The van der Waals surface area contributed by atoms with Crippen LogP contribution in [0.3, 0.4) is 0 Å². The van der Waals surface area contributed by atoms with Gasteiger partial charge in [0.2, 0.25) is 5.75 Å². The lowest BCUT2D eigenvalue weighted by molar-refractivity contribution is 0.0363. The number of benzene rings is 4. The standard InChI is InChI=1S/C39H42N2O8/c1-23-7-12-30-29(15-23)39(42)41-38(40-30)27-11-14-32(33(21-27)44-3)48-22-26-16-28(17-26)49-34-18-24(10-13-31(34)43-2)8-9-25-19-35(45-4)37(47-6)36(20-25)46-5/h7-15,18-21,26,28,38,40H,16-17,22H2,1-6H3,(H,41,42)/b9-8-. The summed E-state index contributed by atoms with van der Waals surface area (Å²) in [4.78, 5) is 12.8. The van der Waals surface area contributed by atoms with Crippen molar-refractivity contribution in [1.82, 2.24) is 5.32 Å². The minimum atomic E-state index is -0.379. The Kier molecular flexibility index (Phi) is 10.0. The van der Waals surface area contributed by atoms with Crippen molar-refractivity contribution in [2.24, 2.45) is 5.92 Å². The maximum Gasteiger partial charge on any atom is 0.255 e. The van der Waals surface area contributed by atoms with Gasteiger partial charge in [-0.05, 0) is 90.9 Å². The third-order valence-corrected chi connectivity index (χ3v) is 8.82. The van der Waals surface area contributed by atoms with Crippen LogP contribution in [-0.4, -0.2) is 54.2 Å². The summed E-state index contributed by atoms with van der Waals surface area (Å²) in [7, 11) is 8.04. The molecule has 1 heterocycles. The number of methoxy groups -OCH3 is 5. The second kappa shape index (κ2) is 14.7. The number of carbonyl (C=O) groups is 1. The van der Waals surface area contributed by atoms with E-state index in [0.717, 1.165) is 40.8 Å². The van der Waals surface area contributed by atoms with Gasteiger partial charge in [0.1, 0.15) is 6.17 Å². The van der Waals surface area contributed by atoms with Crippen LogP contribution >= 0.6 is 0 Å². The zero-order valence-electron chi connectivity index (χ0n) is 28.6. The SMILES string of the molecule is COc1cc(C2NC(=O)c3cc(C)ccc3N2)ccc1OCC1CC(Oc2cc(/C=C\c3cc(OC)c(OC)c(OC)c3)ccc2OC)C1. The average Bonchev–Trinajstić information content (AvgIpc) is 3.11. The normalized spacial score (nSPS) is 18.0. The molecule has 1 amide bonds. The lowest BCUT2D eigenvalue weighted by Crippen LogP contribution is -2.38. The largest absolute Gasteiger partial charge is 0.493 e. The summed E-state index contributed by atoms with van der Waals surface area (Å²) in [5.74, 6) is 4.59. The van der Waals surface area contributed by atoms with E-state index in [1.165, 1.54) is 0 Å². The molecular weight excluding hydrogens is 624 g/mol. The first-order valence-corrected chi connectivity index (χ1v) is 16.1. The van der Waals surface area contributed by atoms with Crippen LogP contribution in [-0.2, 0) is 0 Å². The predicted molar refractivity (Wildman–Crippen MR) is 189 cm³/mol. The third-order valence-electron chi connectivity index (χ3n) is 8.82. The first-order valence-electron chi connectivity index (χ1n) is 16.1. The molecule has 1 aliphatic heterocycles. The van der Waals surface area contributed by atoms with Crippen molar-refractivity contribution in [3.8, 4) is 40.2 Å². The Balaban J connectivity index is 1.05. The van der Waals surface area contributed by atoms with E-state index >= 15 is 0 Å². The summed E-state index contributed by atoms with van der Waals surface area (Å²) in [5, 5.41) is 6.44. The molecule has 49 heavy (non-hydrogen) atoms. The van der Waals surface area contributed by atoms with Gasteiger partial charge in [0.05, 0.1) is 53.8 Å². The number of fused-ring (bicyclic) bond motifs is 1. The average molecular weight is 667 g/mol. The van der Waals surface area contributed by atoms with Gasteiger partial charge in [-0.15, -0.1) is 0 Å². The highest BCUT2D eigenvalue weighted by atomic mass is 16.5. The maximum atomic E-state index is 12.8. The second-order valence-corrected chi connectivity index (χ2v) is 12.1. The fourth-order valence-corrected chi connectivity index (χ4v) is 6.10. The molecule has 1 aliphatic carbocycles. The van der Waals surface area contributed by atoms with Crippen LogP contribution in [0.4, 0.5) is 5.69 Å². The molecule has 0 bridgehead atoms. The van der Waals surface area contributed by atoms with Crippen LogP contribution in [0.5, 0.6) is 40.2 Å². The van der Waals surface area contributed by atoms with Gasteiger partial charge in [0.25, 0.3) is 5.91 Å². The zero-order chi connectivity index (χ0) is 34.5. The maximum absolute atomic E-state index is 12.8. The van der Waals surface area contributed by atoms with Crippen LogP contribution in [0, 0.1) is 12.8 Å². The Labute approximate surface area is 286 Å². The number of aryl methyl sites for hydroxylation is 1. The molecule has 1 fully saturated rings. The highest BCUT2D eigenvalue weighted by Gasteiger charge is 2.32. The van der Waals surface area contributed by atoms with Gasteiger partial charge in [0.15, 0.2) is 34.5 Å². The van der Waals surface area contributed by atoms with Gasteiger partial charge in [-0.25, -0.2) is 0 Å². The van der Waals surface area contributed by atoms with E-state index in [9.17, 15) is 4.79 Å². The molecule has 2 aliphatic rings. The van der Waals surface area contributed by atoms with Gasteiger partial charge >= 0.3 is 0 Å². The Hall–Kier alpha value is -5.51. The van der Waals surface area contributed by atoms with Crippen LogP contribution in [0.25, 0.3) is 12.2 Å². The molecule has 2 N–H and O–H groups in total. The van der Waals surface area contributed by atoms with Crippen molar-refractivity contribution in [2.75, 3.05) is 47.5 Å². The van der Waals surface area contributed by atoms with E-state index in [0.29, 0.717) is 58.3 Å². The minimum Gasteiger partial charge on any atom is -0.493 e. The molecule has 1 atom stereocenters. The van der Waals surface area contributed by atoms with E-state index in [1.807, 2.05) is 85.8 Å². The third kappa shape index (κ3) is 7.33. The van der Waals surface area contributed by atoms with E-state index < -0.39 is 0 Å². The fraction of sp³-hybridized carbons (Fsp3) is 0.308. The van der Waals surface area contributed by atoms with Crippen molar-refractivity contribution >= 4 is 23.7 Å². The summed E-state index contributed by atoms with van der Waals surface area (Å²) in [6.07, 6.45) is 5.36. The summed E-state index contributed by atoms with van der Waals surface area (Å²) in [6.45, 7) is 2.51. The van der Waals surface area contributed by atoms with Crippen LogP contribution in [0.2, 0.25) is 0 Å². The molecule has 4 aromatic rings. The fourth-order valence-electron chi connectivity index (χ4n) is 6.10. The van der Waals surface area contributed by atoms with Crippen molar-refractivity contribution in [3.63, 3.8) is 0 Å². The van der Waals surface area contributed by atoms with Crippen LogP contribution in [0.1, 0.15) is 51.6 Å². The van der Waals surface area contributed by atoms with E-state index in [1.54, 1.807) is 35.5 Å². The number of nitrogens with one attached hydrogen (secondary N) is 2. The Morgan fingerprint density at radius 3 is 2.04 bits per heavy atom. The number of anilines is 1. The van der Waals surface area contributed by atoms with Gasteiger partial charge in [-0.1, -0.05) is 35.9 Å². The van der Waals surface area contributed by atoms with Crippen molar-refractivity contribution in [1.29, 1.82) is 0 Å². The molecule has 256 valence electrons. The molecule has 10 nitrogen and oxygen atoms in total. The highest BCUT2D eigenvalue weighted by molar-refractivity contribution is 6.01. The molecule has 0 spiro atoms. The van der Waals surface area contributed by atoms with Crippen LogP contribution < -0.4 is 43.8 Å². The summed E-state index contributed by atoms with van der Waals surface area (Å²) >= 11 is 0. The quantitative estimate of drug-likeness (QED) is 0.142. The topological polar surface area (TPSA) is 106 Å². The van der Waals surface area contributed by atoms with Crippen molar-refractivity contribution < 1.29 is 38.0 Å². The molecule has 1 saturated carbocycles. The van der Waals surface area contributed by atoms with Gasteiger partial charge in [-0.2, -0.15) is 0 Å². The summed E-state index contributed by atoms with van der Waals surface area (Å²) in [6, 6.07) is 21.2. The number of rotatable bonds is 13.